The number of hydrogen-bond donors (Lipinski definition) is 0. The molecule has 0 aromatic heterocycles. The van der Waals surface area contributed by atoms with Crippen molar-refractivity contribution in [1.82, 2.24) is 0 Å². The van der Waals surface area contributed by atoms with Gasteiger partial charge in [0.15, 0.2) is 0 Å². The molecule has 12 heavy (non-hydrogen) atoms. The van der Waals surface area contributed by atoms with Crippen LogP contribution in [0, 0.1) is 5.92 Å². The van der Waals surface area contributed by atoms with Gasteiger partial charge in [-0.3, -0.25) is 4.99 Å². The molecule has 0 aromatic rings. The second-order valence-electron chi connectivity index (χ2n) is 3.43. The Bertz CT molecular complexity index is 154. The van der Waals surface area contributed by atoms with Crippen molar-refractivity contribution in [3.05, 3.63) is 11.8 Å². The summed E-state index contributed by atoms with van der Waals surface area (Å²) in [6, 6.07) is 0. The van der Waals surface area contributed by atoms with Gasteiger partial charge >= 0.3 is 0 Å². The molecule has 0 N–H and O–H groups in total. The van der Waals surface area contributed by atoms with E-state index in [0.29, 0.717) is 0 Å². The molecule has 0 aliphatic carbocycles. The van der Waals surface area contributed by atoms with E-state index < -0.39 is 0 Å². The molecule has 0 aromatic carbocycles. The molecule has 0 aliphatic heterocycles. The highest BCUT2D eigenvalue weighted by atomic mass is 14.7. The second-order valence-corrected chi connectivity index (χ2v) is 3.43. The van der Waals surface area contributed by atoms with E-state index in [1.165, 1.54) is 12.1 Å². The summed E-state index contributed by atoms with van der Waals surface area (Å²) in [6.45, 7) is 8.66. The molecule has 70 valence electrons. The van der Waals surface area contributed by atoms with Crippen LogP contribution in [0.5, 0.6) is 0 Å². The highest BCUT2D eigenvalue weighted by Crippen LogP contribution is 2.11. The molecule has 0 spiro atoms. The van der Waals surface area contributed by atoms with E-state index >= 15 is 0 Å². The summed E-state index contributed by atoms with van der Waals surface area (Å²) in [5.74, 6) is 0.775. The van der Waals surface area contributed by atoms with Crippen LogP contribution < -0.4 is 0 Å². The summed E-state index contributed by atoms with van der Waals surface area (Å²) in [5, 5.41) is 0. The Hall–Kier alpha value is -0.590. The van der Waals surface area contributed by atoms with E-state index in [-0.39, 0.29) is 0 Å². The van der Waals surface area contributed by atoms with Crippen LogP contribution in [0.25, 0.3) is 0 Å². The van der Waals surface area contributed by atoms with E-state index in [4.69, 9.17) is 0 Å². The molecule has 1 heteroatoms. The van der Waals surface area contributed by atoms with Crippen molar-refractivity contribution in [2.24, 2.45) is 10.9 Å². The summed E-state index contributed by atoms with van der Waals surface area (Å²) in [5.41, 5.74) is 1.23. The molecular weight excluding hydrogens is 146 g/mol. The number of rotatable bonds is 5. The zero-order valence-electron chi connectivity index (χ0n) is 8.80. The predicted octanol–water partition coefficient (Wildman–Crippen LogP) is 3.81. The average molecular weight is 167 g/mol. The lowest BCUT2D eigenvalue weighted by atomic mass is 10.1. The summed E-state index contributed by atoms with van der Waals surface area (Å²) < 4.78 is 0. The molecule has 0 saturated carbocycles. The van der Waals surface area contributed by atoms with Crippen molar-refractivity contribution in [3.8, 4) is 0 Å². The second kappa shape index (κ2) is 7.08. The topological polar surface area (TPSA) is 12.4 Å². The maximum atomic E-state index is 4.37. The number of hydrogen-bond acceptors (Lipinski definition) is 1. The lowest BCUT2D eigenvalue weighted by molar-refractivity contribution is 0.583. The van der Waals surface area contributed by atoms with Gasteiger partial charge in [-0.1, -0.05) is 26.8 Å². The molecule has 0 amide bonds. The number of allylic oxidation sites excluding steroid dienone is 2. The summed E-state index contributed by atoms with van der Waals surface area (Å²) in [7, 11) is 0. The third kappa shape index (κ3) is 6.14. The standard InChI is InChI=1S/C11H21N/c1-5-9-12-11(6-2)8-7-10(3)4/h6,9-10H,5,7-8H2,1-4H3/b11-6-,12-9?. The lowest BCUT2D eigenvalue weighted by Crippen LogP contribution is -1.88. The molecule has 0 saturated heterocycles. The van der Waals surface area contributed by atoms with E-state index in [1.54, 1.807) is 0 Å². The van der Waals surface area contributed by atoms with E-state index in [9.17, 15) is 0 Å². The Morgan fingerprint density at radius 2 is 2.08 bits per heavy atom. The van der Waals surface area contributed by atoms with Crippen LogP contribution in [0.4, 0.5) is 0 Å². The first-order chi connectivity index (χ1) is 5.70. The van der Waals surface area contributed by atoms with Gasteiger partial charge in [0, 0.05) is 11.9 Å². The smallest absolute Gasteiger partial charge is 0.0357 e. The minimum absolute atomic E-state index is 0.775. The maximum Gasteiger partial charge on any atom is 0.0357 e. The van der Waals surface area contributed by atoms with Gasteiger partial charge in [-0.25, -0.2) is 0 Å². The fourth-order valence-corrected chi connectivity index (χ4v) is 0.929. The Labute approximate surface area is 76.6 Å². The van der Waals surface area contributed by atoms with Crippen LogP contribution in [0.3, 0.4) is 0 Å². The van der Waals surface area contributed by atoms with Crippen LogP contribution in [0.2, 0.25) is 0 Å². The monoisotopic (exact) mass is 167 g/mol. The Morgan fingerprint density at radius 1 is 1.42 bits per heavy atom. The Kier molecular flexibility index (Phi) is 6.73. The minimum atomic E-state index is 0.775. The van der Waals surface area contributed by atoms with Crippen LogP contribution in [-0.4, -0.2) is 6.21 Å². The molecule has 0 unspecified atom stereocenters. The van der Waals surface area contributed by atoms with Crippen molar-refractivity contribution in [2.75, 3.05) is 0 Å². The van der Waals surface area contributed by atoms with Crippen molar-refractivity contribution < 1.29 is 0 Å². The molecular formula is C11H21N. The van der Waals surface area contributed by atoms with Crippen molar-refractivity contribution in [2.45, 2.75) is 47.0 Å². The van der Waals surface area contributed by atoms with Gasteiger partial charge in [-0.2, -0.15) is 0 Å². The first kappa shape index (κ1) is 11.4. The van der Waals surface area contributed by atoms with Crippen molar-refractivity contribution in [3.63, 3.8) is 0 Å². The molecule has 0 bridgehead atoms. The van der Waals surface area contributed by atoms with Crippen LogP contribution >= 0.6 is 0 Å². The fourth-order valence-electron chi connectivity index (χ4n) is 0.929. The van der Waals surface area contributed by atoms with Gasteiger partial charge in [-0.05, 0) is 32.1 Å². The summed E-state index contributed by atoms with van der Waals surface area (Å²) >= 11 is 0. The summed E-state index contributed by atoms with van der Waals surface area (Å²) in [6.07, 6.45) is 7.47. The summed E-state index contributed by atoms with van der Waals surface area (Å²) in [4.78, 5) is 4.37. The van der Waals surface area contributed by atoms with E-state index in [1.807, 2.05) is 6.21 Å². The normalized spacial score (nSPS) is 13.2. The zero-order chi connectivity index (χ0) is 9.40. The molecule has 1 nitrogen and oxygen atoms in total. The van der Waals surface area contributed by atoms with Gasteiger partial charge in [0.25, 0.3) is 0 Å². The quantitative estimate of drug-likeness (QED) is 0.552. The first-order valence-electron chi connectivity index (χ1n) is 4.88. The number of nitrogens with zero attached hydrogens (tertiary/aromatic N) is 1. The van der Waals surface area contributed by atoms with Crippen LogP contribution in [-0.2, 0) is 0 Å². The van der Waals surface area contributed by atoms with E-state index in [0.717, 1.165) is 18.8 Å². The average Bonchev–Trinajstić information content (AvgIpc) is 2.05. The van der Waals surface area contributed by atoms with Crippen LogP contribution in [0.15, 0.2) is 16.8 Å². The van der Waals surface area contributed by atoms with Gasteiger partial charge in [-0.15, -0.1) is 0 Å². The van der Waals surface area contributed by atoms with Crippen LogP contribution in [0.1, 0.15) is 47.0 Å². The molecule has 0 radical (unpaired) electrons. The van der Waals surface area contributed by atoms with Crippen molar-refractivity contribution >= 4 is 6.21 Å². The number of aliphatic imine (C=N–C) groups is 1. The highest BCUT2D eigenvalue weighted by molar-refractivity contribution is 5.58. The third-order valence-electron chi connectivity index (χ3n) is 1.75. The Morgan fingerprint density at radius 3 is 2.50 bits per heavy atom. The molecule has 0 aliphatic rings. The Balaban J connectivity index is 3.77. The SMILES string of the molecule is C/C=C(/CCC(C)C)N=CCC. The predicted molar refractivity (Wildman–Crippen MR) is 56.6 cm³/mol. The maximum absolute atomic E-state index is 4.37. The van der Waals surface area contributed by atoms with Gasteiger partial charge in [0.1, 0.15) is 0 Å². The van der Waals surface area contributed by atoms with Gasteiger partial charge in [0.05, 0.1) is 0 Å². The molecule has 0 fully saturated rings. The molecule has 0 atom stereocenters. The first-order valence-corrected chi connectivity index (χ1v) is 4.88. The molecule has 0 heterocycles. The highest BCUT2D eigenvalue weighted by Gasteiger charge is 1.96. The minimum Gasteiger partial charge on any atom is -0.266 e. The largest absolute Gasteiger partial charge is 0.266 e. The fraction of sp³-hybridized carbons (Fsp3) is 0.727. The van der Waals surface area contributed by atoms with Crippen molar-refractivity contribution in [1.29, 1.82) is 0 Å². The van der Waals surface area contributed by atoms with Gasteiger partial charge in [0.2, 0.25) is 0 Å². The third-order valence-corrected chi connectivity index (χ3v) is 1.75. The zero-order valence-corrected chi connectivity index (χ0v) is 8.80. The van der Waals surface area contributed by atoms with E-state index in [2.05, 4.69) is 38.8 Å². The van der Waals surface area contributed by atoms with Gasteiger partial charge < -0.3 is 0 Å². The lowest BCUT2D eigenvalue weighted by Gasteiger charge is -2.03. The molecule has 0 rings (SSSR count).